The van der Waals surface area contributed by atoms with Crippen LogP contribution >= 0.6 is 39.3 Å². The van der Waals surface area contributed by atoms with Crippen LogP contribution in [-0.2, 0) is 28.3 Å². The molecular weight excluding hydrogens is 532 g/mol. The number of hydrogen-bond donors (Lipinski definition) is 1. The Kier molecular flexibility index (Phi) is 10.5. The van der Waals surface area contributed by atoms with E-state index < -0.39 is 6.04 Å². The van der Waals surface area contributed by atoms with Crippen LogP contribution in [0.2, 0.25) is 5.02 Å². The summed E-state index contributed by atoms with van der Waals surface area (Å²) in [7, 11) is 0. The molecule has 0 spiro atoms. The molecule has 2 amide bonds. The summed E-state index contributed by atoms with van der Waals surface area (Å²) in [5, 5.41) is 3.61. The van der Waals surface area contributed by atoms with E-state index in [1.165, 1.54) is 11.8 Å². The standard InChI is InChI=1S/C27H28BrClN2O2S/c1-2-30-27(33)25(16-20-8-4-3-5-9-20)31(17-21-12-14-23(28)15-13-21)26(32)19-34-18-22-10-6-7-11-24(22)29/h3-15,25H,2,16-19H2,1H3,(H,30,33). The quantitative estimate of drug-likeness (QED) is 0.308. The van der Waals surface area contributed by atoms with Gasteiger partial charge in [0.2, 0.25) is 11.8 Å². The van der Waals surface area contributed by atoms with Crippen molar-refractivity contribution in [3.8, 4) is 0 Å². The predicted molar refractivity (Wildman–Crippen MR) is 145 cm³/mol. The minimum atomic E-state index is -0.612. The van der Waals surface area contributed by atoms with Gasteiger partial charge in [0, 0.05) is 34.8 Å². The third-order valence-electron chi connectivity index (χ3n) is 5.33. The van der Waals surface area contributed by atoms with Gasteiger partial charge in [-0.05, 0) is 41.8 Å². The van der Waals surface area contributed by atoms with E-state index in [-0.39, 0.29) is 17.6 Å². The molecule has 0 aromatic heterocycles. The van der Waals surface area contributed by atoms with E-state index in [1.807, 2.05) is 85.8 Å². The maximum atomic E-state index is 13.5. The molecule has 0 saturated carbocycles. The van der Waals surface area contributed by atoms with Crippen LogP contribution in [0.5, 0.6) is 0 Å². The van der Waals surface area contributed by atoms with Crippen molar-refractivity contribution in [3.05, 3.63) is 105 Å². The number of rotatable bonds is 11. The maximum Gasteiger partial charge on any atom is 0.243 e. The summed E-state index contributed by atoms with van der Waals surface area (Å²) >= 11 is 11.2. The highest BCUT2D eigenvalue weighted by molar-refractivity contribution is 9.10. The second-order valence-corrected chi connectivity index (χ2v) is 10.1. The smallest absolute Gasteiger partial charge is 0.243 e. The Hall–Kier alpha value is -2.28. The molecule has 34 heavy (non-hydrogen) atoms. The Labute approximate surface area is 219 Å². The van der Waals surface area contributed by atoms with Crippen LogP contribution in [0.1, 0.15) is 23.6 Å². The van der Waals surface area contributed by atoms with E-state index in [1.54, 1.807) is 4.90 Å². The largest absolute Gasteiger partial charge is 0.355 e. The topological polar surface area (TPSA) is 49.4 Å². The first-order valence-electron chi connectivity index (χ1n) is 11.1. The van der Waals surface area contributed by atoms with Crippen molar-refractivity contribution < 1.29 is 9.59 Å². The third-order valence-corrected chi connectivity index (χ3v) is 7.19. The first kappa shape index (κ1) is 26.3. The highest BCUT2D eigenvalue weighted by Gasteiger charge is 2.30. The van der Waals surface area contributed by atoms with Gasteiger partial charge >= 0.3 is 0 Å². The van der Waals surface area contributed by atoms with E-state index in [4.69, 9.17) is 11.6 Å². The number of carbonyl (C=O) groups excluding carboxylic acids is 2. The fourth-order valence-corrected chi connectivity index (χ4v) is 5.04. The second-order valence-electron chi connectivity index (χ2n) is 7.83. The first-order chi connectivity index (χ1) is 16.5. The summed E-state index contributed by atoms with van der Waals surface area (Å²) in [6, 6.07) is 24.7. The average Bonchev–Trinajstić information content (AvgIpc) is 2.84. The van der Waals surface area contributed by atoms with Crippen LogP contribution in [0.4, 0.5) is 0 Å². The monoisotopic (exact) mass is 558 g/mol. The maximum absolute atomic E-state index is 13.5. The highest BCUT2D eigenvalue weighted by Crippen LogP contribution is 2.23. The normalized spacial score (nSPS) is 11.6. The number of halogens is 2. The van der Waals surface area contributed by atoms with E-state index in [2.05, 4.69) is 21.2 Å². The Morgan fingerprint density at radius 1 is 0.971 bits per heavy atom. The lowest BCUT2D eigenvalue weighted by Gasteiger charge is -2.31. The SMILES string of the molecule is CCNC(=O)C(Cc1ccccc1)N(Cc1ccc(Br)cc1)C(=O)CSCc1ccccc1Cl. The molecule has 0 saturated heterocycles. The molecule has 0 radical (unpaired) electrons. The van der Waals surface area contributed by atoms with Crippen LogP contribution < -0.4 is 5.32 Å². The Balaban J connectivity index is 1.82. The molecule has 0 aliphatic carbocycles. The third kappa shape index (κ3) is 7.90. The van der Waals surface area contributed by atoms with E-state index in [9.17, 15) is 9.59 Å². The Morgan fingerprint density at radius 3 is 2.32 bits per heavy atom. The van der Waals surface area contributed by atoms with Gasteiger partial charge in [-0.3, -0.25) is 9.59 Å². The van der Waals surface area contributed by atoms with Crippen LogP contribution in [-0.4, -0.2) is 35.1 Å². The van der Waals surface area contributed by atoms with Crippen molar-refractivity contribution in [1.82, 2.24) is 10.2 Å². The summed E-state index contributed by atoms with van der Waals surface area (Å²) in [6.07, 6.45) is 0.449. The zero-order valence-corrected chi connectivity index (χ0v) is 22.2. The summed E-state index contributed by atoms with van der Waals surface area (Å²) in [6.45, 7) is 2.75. The molecule has 3 aromatic rings. The lowest BCUT2D eigenvalue weighted by atomic mass is 10.0. The first-order valence-corrected chi connectivity index (χ1v) is 13.5. The van der Waals surface area contributed by atoms with E-state index in [0.717, 1.165) is 21.2 Å². The predicted octanol–water partition coefficient (Wildman–Crippen LogP) is 6.11. The van der Waals surface area contributed by atoms with Crippen LogP contribution in [0.3, 0.4) is 0 Å². The zero-order valence-electron chi connectivity index (χ0n) is 19.0. The Morgan fingerprint density at radius 2 is 1.65 bits per heavy atom. The van der Waals surface area contributed by atoms with E-state index in [0.29, 0.717) is 30.3 Å². The molecule has 0 fully saturated rings. The summed E-state index contributed by atoms with van der Waals surface area (Å²) in [4.78, 5) is 28.4. The van der Waals surface area contributed by atoms with Crippen molar-refractivity contribution >= 4 is 51.1 Å². The molecule has 0 bridgehead atoms. The van der Waals surface area contributed by atoms with Gasteiger partial charge in [0.1, 0.15) is 6.04 Å². The number of benzene rings is 3. The number of hydrogen-bond acceptors (Lipinski definition) is 3. The number of nitrogens with zero attached hydrogens (tertiary/aromatic N) is 1. The molecule has 7 heteroatoms. The number of amides is 2. The van der Waals surface area contributed by atoms with Crippen molar-refractivity contribution in [1.29, 1.82) is 0 Å². The van der Waals surface area contributed by atoms with Gasteiger partial charge in [-0.1, -0.05) is 88.2 Å². The van der Waals surface area contributed by atoms with Crippen LogP contribution in [0, 0.1) is 0 Å². The minimum absolute atomic E-state index is 0.0767. The molecule has 3 rings (SSSR count). The van der Waals surface area contributed by atoms with Crippen molar-refractivity contribution in [2.75, 3.05) is 12.3 Å². The van der Waals surface area contributed by atoms with Gasteiger partial charge in [-0.25, -0.2) is 0 Å². The number of carbonyl (C=O) groups is 2. The fourth-order valence-electron chi connectivity index (χ4n) is 3.58. The molecule has 178 valence electrons. The lowest BCUT2D eigenvalue weighted by molar-refractivity contribution is -0.139. The van der Waals surface area contributed by atoms with Gasteiger partial charge in [0.15, 0.2) is 0 Å². The number of nitrogens with one attached hydrogen (secondary N) is 1. The molecule has 1 N–H and O–H groups in total. The Bertz CT molecular complexity index is 1080. The number of likely N-dealkylation sites (N-methyl/N-ethyl adjacent to an activating group) is 1. The number of thioether (sulfide) groups is 1. The van der Waals surface area contributed by atoms with Crippen molar-refractivity contribution in [2.24, 2.45) is 0 Å². The summed E-state index contributed by atoms with van der Waals surface area (Å²) in [5.74, 6) is 0.661. The van der Waals surface area contributed by atoms with Crippen LogP contribution in [0.15, 0.2) is 83.3 Å². The van der Waals surface area contributed by atoms with Gasteiger partial charge in [-0.15, -0.1) is 11.8 Å². The minimum Gasteiger partial charge on any atom is -0.355 e. The van der Waals surface area contributed by atoms with Gasteiger partial charge in [0.25, 0.3) is 0 Å². The molecular formula is C27H28BrClN2O2S. The fraction of sp³-hybridized carbons (Fsp3) is 0.259. The zero-order chi connectivity index (χ0) is 24.3. The summed E-state index contributed by atoms with van der Waals surface area (Å²) in [5.41, 5.74) is 2.97. The lowest BCUT2D eigenvalue weighted by Crippen LogP contribution is -2.51. The molecule has 0 heterocycles. The van der Waals surface area contributed by atoms with Crippen molar-refractivity contribution in [3.63, 3.8) is 0 Å². The molecule has 0 aliphatic heterocycles. The second kappa shape index (κ2) is 13.6. The molecule has 1 unspecified atom stereocenters. The highest BCUT2D eigenvalue weighted by atomic mass is 79.9. The molecule has 1 atom stereocenters. The van der Waals surface area contributed by atoms with Crippen LogP contribution in [0.25, 0.3) is 0 Å². The molecule has 0 aliphatic rings. The average molecular weight is 560 g/mol. The van der Waals surface area contributed by atoms with Gasteiger partial charge in [0.05, 0.1) is 5.75 Å². The molecule has 4 nitrogen and oxygen atoms in total. The van der Waals surface area contributed by atoms with Gasteiger partial charge in [-0.2, -0.15) is 0 Å². The summed E-state index contributed by atoms with van der Waals surface area (Å²) < 4.78 is 0.967. The van der Waals surface area contributed by atoms with Crippen molar-refractivity contribution in [2.45, 2.75) is 31.7 Å². The van der Waals surface area contributed by atoms with E-state index >= 15 is 0 Å². The molecule has 3 aromatic carbocycles. The van der Waals surface area contributed by atoms with Gasteiger partial charge < -0.3 is 10.2 Å².